The number of carbonyl (C=O) groups is 2. The topological polar surface area (TPSA) is 75.6 Å². The van der Waals surface area contributed by atoms with Crippen LogP contribution in [0.15, 0.2) is 60.7 Å². The SMILES string of the molecule is CCCCCCCCC=Cc1ccc(C(=O)C(ONCCCCC(=O)O)c2ccccc2)cc1. The van der Waals surface area contributed by atoms with Crippen LogP contribution in [0.4, 0.5) is 0 Å². The van der Waals surface area contributed by atoms with Gasteiger partial charge in [0.15, 0.2) is 11.9 Å². The van der Waals surface area contributed by atoms with Crippen LogP contribution >= 0.6 is 0 Å². The average molecular weight is 466 g/mol. The van der Waals surface area contributed by atoms with Crippen LogP contribution in [0.2, 0.25) is 0 Å². The van der Waals surface area contributed by atoms with Gasteiger partial charge in [-0.15, -0.1) is 0 Å². The fourth-order valence-electron chi connectivity index (χ4n) is 3.69. The average Bonchev–Trinajstić information content (AvgIpc) is 2.85. The highest BCUT2D eigenvalue weighted by molar-refractivity contribution is 6.00. The summed E-state index contributed by atoms with van der Waals surface area (Å²) in [5.74, 6) is -0.925. The molecule has 0 saturated carbocycles. The number of benzene rings is 2. The minimum Gasteiger partial charge on any atom is -0.481 e. The molecule has 0 saturated heterocycles. The molecule has 0 aliphatic rings. The molecule has 2 rings (SSSR count). The smallest absolute Gasteiger partial charge is 0.303 e. The van der Waals surface area contributed by atoms with Crippen molar-refractivity contribution in [2.24, 2.45) is 0 Å². The molecule has 0 radical (unpaired) electrons. The van der Waals surface area contributed by atoms with Gasteiger partial charge in [-0.25, -0.2) is 5.48 Å². The minimum atomic E-state index is -0.807. The van der Waals surface area contributed by atoms with E-state index < -0.39 is 12.1 Å². The van der Waals surface area contributed by atoms with Gasteiger partial charge >= 0.3 is 5.97 Å². The number of Topliss-reactive ketones (excluding diaryl/α,β-unsaturated/α-hetero) is 1. The van der Waals surface area contributed by atoms with Crippen molar-refractivity contribution < 1.29 is 19.5 Å². The molecule has 2 aromatic carbocycles. The first-order valence-electron chi connectivity index (χ1n) is 12.6. The Morgan fingerprint density at radius 2 is 1.62 bits per heavy atom. The molecular formula is C29H39NO4. The Kier molecular flexibility index (Phi) is 13.6. The van der Waals surface area contributed by atoms with Crippen molar-refractivity contribution in [3.8, 4) is 0 Å². The summed E-state index contributed by atoms with van der Waals surface area (Å²) in [7, 11) is 0. The minimum absolute atomic E-state index is 0.119. The number of hydrogen-bond acceptors (Lipinski definition) is 4. The Morgan fingerprint density at radius 3 is 2.32 bits per heavy atom. The lowest BCUT2D eigenvalue weighted by atomic mass is 9.99. The summed E-state index contributed by atoms with van der Waals surface area (Å²) >= 11 is 0. The van der Waals surface area contributed by atoms with E-state index in [4.69, 9.17) is 9.94 Å². The molecule has 184 valence electrons. The molecule has 0 fully saturated rings. The molecule has 0 aliphatic carbocycles. The van der Waals surface area contributed by atoms with Crippen LogP contribution in [0.1, 0.15) is 98.7 Å². The summed E-state index contributed by atoms with van der Waals surface area (Å²) < 4.78 is 0. The van der Waals surface area contributed by atoms with Crippen molar-refractivity contribution in [2.75, 3.05) is 6.54 Å². The molecule has 1 atom stereocenters. The Balaban J connectivity index is 1.88. The normalized spacial score (nSPS) is 12.1. The Bertz CT molecular complexity index is 861. The highest BCUT2D eigenvalue weighted by Gasteiger charge is 2.23. The van der Waals surface area contributed by atoms with E-state index in [0.29, 0.717) is 24.9 Å². The van der Waals surface area contributed by atoms with E-state index >= 15 is 0 Å². The number of rotatable bonds is 18. The second-order valence-corrected chi connectivity index (χ2v) is 8.60. The number of ketones is 1. The van der Waals surface area contributed by atoms with Crippen molar-refractivity contribution in [3.05, 3.63) is 77.4 Å². The van der Waals surface area contributed by atoms with E-state index in [1.54, 1.807) is 0 Å². The van der Waals surface area contributed by atoms with E-state index in [1.807, 2.05) is 54.6 Å². The molecule has 2 N–H and O–H groups in total. The molecule has 0 amide bonds. The van der Waals surface area contributed by atoms with Gasteiger partial charge in [0.25, 0.3) is 0 Å². The zero-order valence-electron chi connectivity index (χ0n) is 20.4. The van der Waals surface area contributed by atoms with Crippen LogP contribution in [-0.2, 0) is 9.63 Å². The molecule has 5 nitrogen and oxygen atoms in total. The summed E-state index contributed by atoms with van der Waals surface area (Å²) in [6.07, 6.45) is 13.7. The largest absolute Gasteiger partial charge is 0.481 e. The van der Waals surface area contributed by atoms with Gasteiger partial charge in [-0.1, -0.05) is 106 Å². The lowest BCUT2D eigenvalue weighted by molar-refractivity contribution is -0.137. The van der Waals surface area contributed by atoms with E-state index in [0.717, 1.165) is 17.5 Å². The van der Waals surface area contributed by atoms with Crippen molar-refractivity contribution in [1.82, 2.24) is 5.48 Å². The quantitative estimate of drug-likeness (QED) is 0.139. The third kappa shape index (κ3) is 10.9. The van der Waals surface area contributed by atoms with Gasteiger partial charge in [-0.3, -0.25) is 14.4 Å². The molecule has 2 aromatic rings. The Morgan fingerprint density at radius 1 is 0.912 bits per heavy atom. The molecule has 1 unspecified atom stereocenters. The van der Waals surface area contributed by atoms with Crippen LogP contribution < -0.4 is 5.48 Å². The van der Waals surface area contributed by atoms with Gasteiger partial charge in [0.05, 0.1) is 0 Å². The summed E-state index contributed by atoms with van der Waals surface area (Å²) in [5, 5.41) is 8.73. The second-order valence-electron chi connectivity index (χ2n) is 8.60. The lowest BCUT2D eigenvalue weighted by Crippen LogP contribution is -2.25. The first-order valence-corrected chi connectivity index (χ1v) is 12.6. The fourth-order valence-corrected chi connectivity index (χ4v) is 3.69. The maximum Gasteiger partial charge on any atom is 0.303 e. The second kappa shape index (κ2) is 16.8. The maximum atomic E-state index is 13.2. The molecular weight excluding hydrogens is 426 g/mol. The number of carboxylic acid groups (broad SMARTS) is 1. The lowest BCUT2D eigenvalue weighted by Gasteiger charge is -2.17. The highest BCUT2D eigenvalue weighted by Crippen LogP contribution is 2.22. The number of unbranched alkanes of at least 4 members (excludes halogenated alkanes) is 7. The van der Waals surface area contributed by atoms with Crippen molar-refractivity contribution >= 4 is 17.8 Å². The standard InChI is InChI=1S/C29H39NO4/c1-2-3-4-5-6-7-8-10-15-24-19-21-25(22-20-24)28(33)29(26-16-11-9-12-17-26)34-30-23-14-13-18-27(31)32/h9-12,15-17,19-22,29-30H,2-8,13-14,18,23H2,1H3,(H,31,32). The number of carbonyl (C=O) groups excluding carboxylic acids is 1. The van der Waals surface area contributed by atoms with E-state index in [-0.39, 0.29) is 12.2 Å². The number of carboxylic acids is 1. The zero-order chi connectivity index (χ0) is 24.4. The van der Waals surface area contributed by atoms with Crippen molar-refractivity contribution in [3.63, 3.8) is 0 Å². The maximum absolute atomic E-state index is 13.2. The first kappa shape index (κ1) is 27.5. The van der Waals surface area contributed by atoms with Gasteiger partial charge in [-0.2, -0.15) is 0 Å². The summed E-state index contributed by atoms with van der Waals surface area (Å²) in [4.78, 5) is 29.6. The summed E-state index contributed by atoms with van der Waals surface area (Å²) in [6, 6.07) is 17.0. The van der Waals surface area contributed by atoms with Crippen molar-refractivity contribution in [1.29, 1.82) is 0 Å². The van der Waals surface area contributed by atoms with Gasteiger partial charge in [0.2, 0.25) is 0 Å². The van der Waals surface area contributed by atoms with Crippen LogP contribution in [0.5, 0.6) is 0 Å². The van der Waals surface area contributed by atoms with Gasteiger partial charge in [0, 0.05) is 18.5 Å². The monoisotopic (exact) mass is 465 g/mol. The molecule has 0 bridgehead atoms. The third-order valence-corrected chi connectivity index (χ3v) is 5.69. The molecule has 34 heavy (non-hydrogen) atoms. The predicted molar refractivity (Wildman–Crippen MR) is 138 cm³/mol. The predicted octanol–water partition coefficient (Wildman–Crippen LogP) is 7.15. The number of hydroxylamine groups is 1. The Hall–Kier alpha value is -2.76. The summed E-state index contributed by atoms with van der Waals surface area (Å²) in [6.45, 7) is 2.72. The number of allylic oxidation sites excluding steroid dienone is 1. The highest BCUT2D eigenvalue weighted by atomic mass is 16.7. The first-order chi connectivity index (χ1) is 16.6. The third-order valence-electron chi connectivity index (χ3n) is 5.69. The van der Waals surface area contributed by atoms with Gasteiger partial charge < -0.3 is 5.11 Å². The molecule has 0 aliphatic heterocycles. The van der Waals surface area contributed by atoms with Crippen LogP contribution in [-0.4, -0.2) is 23.4 Å². The van der Waals surface area contributed by atoms with Gasteiger partial charge in [0.1, 0.15) is 0 Å². The van der Waals surface area contributed by atoms with Gasteiger partial charge in [-0.05, 0) is 36.8 Å². The zero-order valence-corrected chi connectivity index (χ0v) is 20.4. The van der Waals surface area contributed by atoms with E-state index in [2.05, 4.69) is 24.6 Å². The summed E-state index contributed by atoms with van der Waals surface area (Å²) in [5.41, 5.74) is 5.29. The number of hydrogen-bond donors (Lipinski definition) is 2. The fraction of sp³-hybridized carbons (Fsp3) is 0.448. The Labute approximate surface area is 204 Å². The molecule has 5 heteroatoms. The number of nitrogens with one attached hydrogen (secondary N) is 1. The van der Waals surface area contributed by atoms with Crippen LogP contribution in [0, 0.1) is 0 Å². The number of aliphatic carboxylic acids is 1. The molecule has 0 heterocycles. The van der Waals surface area contributed by atoms with Crippen LogP contribution in [0.25, 0.3) is 6.08 Å². The molecule has 0 spiro atoms. The van der Waals surface area contributed by atoms with E-state index in [1.165, 1.54) is 38.5 Å². The van der Waals surface area contributed by atoms with Crippen LogP contribution in [0.3, 0.4) is 0 Å². The van der Waals surface area contributed by atoms with E-state index in [9.17, 15) is 9.59 Å². The molecule has 0 aromatic heterocycles. The van der Waals surface area contributed by atoms with Crippen molar-refractivity contribution in [2.45, 2.75) is 77.2 Å².